The molecule has 0 bridgehead atoms. The topological polar surface area (TPSA) is 91.2 Å². The first-order chi connectivity index (χ1) is 14.7. The summed E-state index contributed by atoms with van der Waals surface area (Å²) in [5.41, 5.74) is -0.0265. The Labute approximate surface area is 180 Å². The fourth-order valence-corrected chi connectivity index (χ4v) is 2.73. The molecule has 3 rings (SSSR count). The van der Waals surface area contributed by atoms with Gasteiger partial charge in [-0.2, -0.15) is 13.2 Å². The zero-order valence-corrected chi connectivity index (χ0v) is 16.7. The number of esters is 1. The molecule has 10 heteroatoms. The Morgan fingerprint density at radius 2 is 1.81 bits per heavy atom. The van der Waals surface area contributed by atoms with Gasteiger partial charge in [0.1, 0.15) is 12.3 Å². The van der Waals surface area contributed by atoms with Crippen molar-refractivity contribution in [1.29, 1.82) is 5.41 Å². The van der Waals surface area contributed by atoms with E-state index in [1.54, 1.807) is 24.3 Å². The minimum atomic E-state index is -4.78. The monoisotopic (exact) mass is 448 g/mol. The van der Waals surface area contributed by atoms with E-state index in [0.717, 1.165) is 0 Å². The van der Waals surface area contributed by atoms with E-state index in [9.17, 15) is 18.0 Å². The number of carbonyl (C=O) groups excluding carboxylic acids is 1. The van der Waals surface area contributed by atoms with E-state index >= 15 is 0 Å². The molecular weight excluding hydrogens is 433 g/mol. The van der Waals surface area contributed by atoms with Crippen LogP contribution in [0.5, 0.6) is 0 Å². The molecule has 0 spiro atoms. The maximum Gasteiger partial charge on any atom is 0.429 e. The summed E-state index contributed by atoms with van der Waals surface area (Å²) >= 11 is 6.07. The second-order valence-corrected chi connectivity index (χ2v) is 6.80. The number of nitrogens with one attached hydrogen (secondary N) is 2. The number of ether oxygens (including phenoxy) is 1. The number of aromatic nitrogens is 2. The average molecular weight is 449 g/mol. The summed E-state index contributed by atoms with van der Waals surface area (Å²) in [6, 6.07) is 12.2. The standard InChI is InChI=1S/C21H16ClF3N4O2/c22-16-3-1-2-4-17(16)29-18(9-19(26)21(23,24)25)13-5-7-14(8-6-13)20(30)31-11-15-10-27-12-28-15/h1-8,10,12,26H,9,11H2,(H,27,28). The zero-order chi connectivity index (χ0) is 22.4. The van der Waals surface area contributed by atoms with Gasteiger partial charge in [0.2, 0.25) is 0 Å². The number of hydrogen-bond donors (Lipinski definition) is 2. The van der Waals surface area contributed by atoms with E-state index in [1.165, 1.54) is 36.8 Å². The number of carbonyl (C=O) groups is 1. The predicted octanol–water partition coefficient (Wildman–Crippen LogP) is 5.51. The summed E-state index contributed by atoms with van der Waals surface area (Å²) in [6.45, 7) is 0.00252. The molecule has 6 nitrogen and oxygen atoms in total. The van der Waals surface area contributed by atoms with Gasteiger partial charge < -0.3 is 15.1 Å². The molecule has 0 radical (unpaired) electrons. The average Bonchev–Trinajstić information content (AvgIpc) is 3.26. The molecule has 3 aromatic rings. The molecule has 1 aromatic heterocycles. The number of nitrogens with zero attached hydrogens (tertiary/aromatic N) is 2. The number of H-pyrrole nitrogens is 1. The number of halogens is 4. The van der Waals surface area contributed by atoms with Crippen LogP contribution in [-0.2, 0) is 11.3 Å². The molecule has 0 aliphatic rings. The number of aliphatic imine (C=N–C) groups is 1. The molecule has 2 N–H and O–H groups in total. The third-order valence-electron chi connectivity index (χ3n) is 4.16. The van der Waals surface area contributed by atoms with Crippen LogP contribution < -0.4 is 0 Å². The van der Waals surface area contributed by atoms with Crippen molar-refractivity contribution in [2.75, 3.05) is 0 Å². The van der Waals surface area contributed by atoms with Gasteiger partial charge in [0.05, 0.1) is 40.2 Å². The molecule has 31 heavy (non-hydrogen) atoms. The number of hydrogen-bond acceptors (Lipinski definition) is 5. The summed E-state index contributed by atoms with van der Waals surface area (Å²) in [6.07, 6.45) is -2.56. The Hall–Kier alpha value is -3.46. The Kier molecular flexibility index (Phi) is 6.86. The molecule has 0 unspecified atom stereocenters. The summed E-state index contributed by atoms with van der Waals surface area (Å²) in [5, 5.41) is 7.61. The number of rotatable bonds is 7. The SMILES string of the molecule is N=C(CC(=Nc1ccccc1Cl)c1ccc(C(=O)OCc2cnc[nH]2)cc1)C(F)(F)F. The van der Waals surface area contributed by atoms with Gasteiger partial charge in [-0.15, -0.1) is 0 Å². The molecule has 0 aliphatic carbocycles. The van der Waals surface area contributed by atoms with Gasteiger partial charge in [-0.1, -0.05) is 35.9 Å². The number of imidazole rings is 1. The van der Waals surface area contributed by atoms with Crippen molar-refractivity contribution in [3.8, 4) is 0 Å². The second kappa shape index (κ2) is 9.57. The molecule has 1 heterocycles. The molecule has 0 atom stereocenters. The predicted molar refractivity (Wildman–Crippen MR) is 110 cm³/mol. The first-order valence-electron chi connectivity index (χ1n) is 8.95. The molecule has 0 saturated carbocycles. The van der Waals surface area contributed by atoms with Gasteiger partial charge in [-0.05, 0) is 29.8 Å². The Balaban J connectivity index is 1.84. The van der Waals surface area contributed by atoms with E-state index in [-0.39, 0.29) is 28.6 Å². The largest absolute Gasteiger partial charge is 0.456 e. The highest BCUT2D eigenvalue weighted by Gasteiger charge is 2.35. The van der Waals surface area contributed by atoms with Crippen molar-refractivity contribution in [1.82, 2.24) is 9.97 Å². The molecule has 0 amide bonds. The van der Waals surface area contributed by atoms with E-state index in [0.29, 0.717) is 11.3 Å². The lowest BCUT2D eigenvalue weighted by Crippen LogP contribution is -2.25. The lowest BCUT2D eigenvalue weighted by molar-refractivity contribution is -0.0605. The van der Waals surface area contributed by atoms with Crippen LogP contribution in [0.3, 0.4) is 0 Å². The first kappa shape index (κ1) is 22.2. The second-order valence-electron chi connectivity index (χ2n) is 6.39. The van der Waals surface area contributed by atoms with Crippen LogP contribution in [0.1, 0.15) is 28.0 Å². The first-order valence-corrected chi connectivity index (χ1v) is 9.33. The van der Waals surface area contributed by atoms with Gasteiger partial charge in [0, 0.05) is 6.42 Å². The quantitative estimate of drug-likeness (QED) is 0.368. The Bertz CT molecular complexity index is 1090. The summed E-state index contributed by atoms with van der Waals surface area (Å²) in [7, 11) is 0. The fourth-order valence-electron chi connectivity index (χ4n) is 2.55. The van der Waals surface area contributed by atoms with Crippen LogP contribution >= 0.6 is 11.6 Å². The summed E-state index contributed by atoms with van der Waals surface area (Å²) in [4.78, 5) is 23.0. The third kappa shape index (κ3) is 6.02. The lowest BCUT2D eigenvalue weighted by Gasteiger charge is -2.12. The van der Waals surface area contributed by atoms with Crippen molar-refractivity contribution >= 4 is 34.7 Å². The number of benzene rings is 2. The van der Waals surface area contributed by atoms with Crippen molar-refractivity contribution in [2.45, 2.75) is 19.2 Å². The maximum absolute atomic E-state index is 12.9. The number of alkyl halides is 3. The smallest absolute Gasteiger partial charge is 0.429 e. The van der Waals surface area contributed by atoms with Crippen LogP contribution in [-0.4, -0.2) is 33.5 Å². The van der Waals surface area contributed by atoms with Gasteiger partial charge in [-0.3, -0.25) is 4.99 Å². The normalized spacial score (nSPS) is 11.9. The van der Waals surface area contributed by atoms with Crippen molar-refractivity contribution in [3.05, 3.63) is 82.9 Å². The minimum Gasteiger partial charge on any atom is -0.456 e. The van der Waals surface area contributed by atoms with Crippen molar-refractivity contribution < 1.29 is 22.7 Å². The summed E-state index contributed by atoms with van der Waals surface area (Å²) < 4.78 is 44.0. The Morgan fingerprint density at radius 3 is 2.42 bits per heavy atom. The van der Waals surface area contributed by atoms with Crippen molar-refractivity contribution in [3.63, 3.8) is 0 Å². The van der Waals surface area contributed by atoms with E-state index in [1.807, 2.05) is 0 Å². The van der Waals surface area contributed by atoms with Crippen LogP contribution in [0.4, 0.5) is 18.9 Å². The van der Waals surface area contributed by atoms with Gasteiger partial charge >= 0.3 is 12.1 Å². The Morgan fingerprint density at radius 1 is 1.13 bits per heavy atom. The summed E-state index contributed by atoms with van der Waals surface area (Å²) in [5.74, 6) is -0.603. The van der Waals surface area contributed by atoms with E-state index in [4.69, 9.17) is 21.7 Å². The molecule has 0 saturated heterocycles. The van der Waals surface area contributed by atoms with E-state index < -0.39 is 24.3 Å². The highest BCUT2D eigenvalue weighted by molar-refractivity contribution is 6.33. The van der Waals surface area contributed by atoms with Gasteiger partial charge in [0.25, 0.3) is 0 Å². The molecule has 0 fully saturated rings. The van der Waals surface area contributed by atoms with Crippen LogP contribution in [0.15, 0.2) is 66.0 Å². The highest BCUT2D eigenvalue weighted by atomic mass is 35.5. The van der Waals surface area contributed by atoms with Gasteiger partial charge in [0.15, 0.2) is 0 Å². The third-order valence-corrected chi connectivity index (χ3v) is 4.48. The lowest BCUT2D eigenvalue weighted by atomic mass is 10.0. The van der Waals surface area contributed by atoms with E-state index in [2.05, 4.69) is 15.0 Å². The van der Waals surface area contributed by atoms with Gasteiger partial charge in [-0.25, -0.2) is 9.78 Å². The fraction of sp³-hybridized carbons (Fsp3) is 0.143. The van der Waals surface area contributed by atoms with Crippen LogP contribution in [0, 0.1) is 5.41 Å². The number of aromatic amines is 1. The number of para-hydroxylation sites is 1. The molecule has 160 valence electrons. The molecule has 0 aliphatic heterocycles. The maximum atomic E-state index is 12.9. The van der Waals surface area contributed by atoms with Crippen molar-refractivity contribution in [2.24, 2.45) is 4.99 Å². The van der Waals surface area contributed by atoms with Crippen LogP contribution in [0.2, 0.25) is 5.02 Å². The minimum absolute atomic E-state index is 0.00252. The highest BCUT2D eigenvalue weighted by Crippen LogP contribution is 2.27. The molecule has 2 aromatic carbocycles. The van der Waals surface area contributed by atoms with Crippen LogP contribution in [0.25, 0.3) is 0 Å². The molecular formula is C21H16ClF3N4O2. The zero-order valence-electron chi connectivity index (χ0n) is 15.9.